The highest BCUT2D eigenvalue weighted by atomic mass is 32.2. The number of hydrogen-bond donors (Lipinski definition) is 1. The van der Waals surface area contributed by atoms with Crippen LogP contribution in [0.3, 0.4) is 0 Å². The zero-order chi connectivity index (χ0) is 14.2. The minimum Gasteiger partial charge on any atom is -0.311 e. The Kier molecular flexibility index (Phi) is 3.64. The summed E-state index contributed by atoms with van der Waals surface area (Å²) >= 11 is 0. The third-order valence-corrected chi connectivity index (χ3v) is 4.07. The molecule has 1 heterocycles. The number of benzene rings is 1. The van der Waals surface area contributed by atoms with Crippen molar-refractivity contribution in [1.82, 2.24) is 4.72 Å². The summed E-state index contributed by atoms with van der Waals surface area (Å²) in [7, 11) is -3.28. The zero-order valence-electron chi connectivity index (χ0n) is 11.3. The summed E-state index contributed by atoms with van der Waals surface area (Å²) in [5.74, 6) is -0.0515. The maximum absolute atomic E-state index is 12.0. The normalized spacial score (nSPS) is 20.1. The van der Waals surface area contributed by atoms with E-state index in [2.05, 4.69) is 4.72 Å². The van der Waals surface area contributed by atoms with Gasteiger partial charge in [0.05, 0.1) is 6.26 Å². The molecule has 19 heavy (non-hydrogen) atoms. The number of amides is 1. The molecule has 1 fully saturated rings. The molecule has 0 unspecified atom stereocenters. The molecule has 0 radical (unpaired) electrons. The fourth-order valence-electron chi connectivity index (χ4n) is 2.23. The highest BCUT2D eigenvalue weighted by molar-refractivity contribution is 7.88. The summed E-state index contributed by atoms with van der Waals surface area (Å²) < 4.78 is 24.9. The molecule has 1 aromatic rings. The van der Waals surface area contributed by atoms with Crippen LogP contribution in [-0.4, -0.2) is 33.2 Å². The van der Waals surface area contributed by atoms with Crippen molar-refractivity contribution in [3.8, 4) is 0 Å². The lowest BCUT2D eigenvalue weighted by Gasteiger charge is -2.18. The third kappa shape index (κ3) is 3.33. The van der Waals surface area contributed by atoms with E-state index >= 15 is 0 Å². The minimum absolute atomic E-state index is 0.0515. The number of sulfonamides is 1. The van der Waals surface area contributed by atoms with Crippen LogP contribution in [0.25, 0.3) is 0 Å². The smallest absolute Gasteiger partial charge is 0.228 e. The molecular formula is C13H18N2O3S. The lowest BCUT2D eigenvalue weighted by Crippen LogP contribution is -2.36. The molecule has 0 saturated carbocycles. The molecule has 2 rings (SSSR count). The standard InChI is InChI=1S/C13H18N2O3S/c1-9-4-5-12(6-10(9)2)15-8-11(7-13(15)16)14-19(3,17)18/h4-6,11,14H,7-8H2,1-3H3/t11-/m1/s1. The number of hydrogen-bond acceptors (Lipinski definition) is 3. The van der Waals surface area contributed by atoms with Crippen LogP contribution < -0.4 is 9.62 Å². The van der Waals surface area contributed by atoms with Crippen LogP contribution in [0.5, 0.6) is 0 Å². The van der Waals surface area contributed by atoms with Crippen LogP contribution >= 0.6 is 0 Å². The van der Waals surface area contributed by atoms with Gasteiger partial charge in [-0.15, -0.1) is 0 Å². The van der Waals surface area contributed by atoms with Crippen molar-refractivity contribution in [1.29, 1.82) is 0 Å². The van der Waals surface area contributed by atoms with Crippen molar-refractivity contribution in [2.75, 3.05) is 17.7 Å². The van der Waals surface area contributed by atoms with Gasteiger partial charge in [-0.2, -0.15) is 0 Å². The largest absolute Gasteiger partial charge is 0.311 e. The minimum atomic E-state index is -3.28. The molecule has 0 aromatic heterocycles. The molecule has 0 bridgehead atoms. The van der Waals surface area contributed by atoms with Gasteiger partial charge in [0.1, 0.15) is 0 Å². The van der Waals surface area contributed by atoms with E-state index < -0.39 is 10.0 Å². The number of carbonyl (C=O) groups is 1. The van der Waals surface area contributed by atoms with Gasteiger partial charge in [0.15, 0.2) is 0 Å². The highest BCUT2D eigenvalue weighted by Crippen LogP contribution is 2.24. The van der Waals surface area contributed by atoms with Crippen LogP contribution in [0.4, 0.5) is 5.69 Å². The number of nitrogens with zero attached hydrogens (tertiary/aromatic N) is 1. The second-order valence-corrected chi connectivity index (χ2v) is 6.84. The molecule has 1 atom stereocenters. The quantitative estimate of drug-likeness (QED) is 0.898. The SMILES string of the molecule is Cc1ccc(N2C[C@H](NS(C)(=O)=O)CC2=O)cc1C. The van der Waals surface area contributed by atoms with E-state index in [-0.39, 0.29) is 18.4 Å². The highest BCUT2D eigenvalue weighted by Gasteiger charge is 2.32. The molecule has 1 aliphatic heterocycles. The number of aryl methyl sites for hydroxylation is 2. The number of rotatable bonds is 3. The van der Waals surface area contributed by atoms with Gasteiger partial charge >= 0.3 is 0 Å². The predicted octanol–water partition coefficient (Wildman–Crippen LogP) is 0.958. The van der Waals surface area contributed by atoms with E-state index in [4.69, 9.17) is 0 Å². The molecule has 104 valence electrons. The maximum atomic E-state index is 12.0. The Morgan fingerprint density at radius 2 is 1.95 bits per heavy atom. The van der Waals surface area contributed by atoms with Crippen molar-refractivity contribution >= 4 is 21.6 Å². The van der Waals surface area contributed by atoms with Crippen LogP contribution in [0.1, 0.15) is 17.5 Å². The van der Waals surface area contributed by atoms with Crippen molar-refractivity contribution in [3.63, 3.8) is 0 Å². The lowest BCUT2D eigenvalue weighted by molar-refractivity contribution is -0.117. The van der Waals surface area contributed by atoms with Gasteiger partial charge < -0.3 is 4.90 Å². The van der Waals surface area contributed by atoms with Crippen molar-refractivity contribution in [2.24, 2.45) is 0 Å². The second kappa shape index (κ2) is 4.94. The van der Waals surface area contributed by atoms with E-state index in [1.54, 1.807) is 4.90 Å². The number of nitrogens with one attached hydrogen (secondary N) is 1. The Labute approximate surface area is 113 Å². The summed E-state index contributed by atoms with van der Waals surface area (Å²) in [6.45, 7) is 4.39. The molecule has 0 spiro atoms. The summed E-state index contributed by atoms with van der Waals surface area (Å²) in [6.07, 6.45) is 1.32. The lowest BCUT2D eigenvalue weighted by atomic mass is 10.1. The van der Waals surface area contributed by atoms with Gasteiger partial charge in [0, 0.05) is 24.7 Å². The van der Waals surface area contributed by atoms with E-state index in [9.17, 15) is 13.2 Å². The Hall–Kier alpha value is -1.40. The Balaban J connectivity index is 2.18. The Morgan fingerprint density at radius 1 is 1.26 bits per heavy atom. The molecule has 1 aliphatic rings. The molecule has 1 N–H and O–H groups in total. The Bertz CT molecular complexity index is 610. The van der Waals surface area contributed by atoms with Crippen molar-refractivity contribution < 1.29 is 13.2 Å². The van der Waals surface area contributed by atoms with Gasteiger partial charge in [0.2, 0.25) is 15.9 Å². The molecule has 5 nitrogen and oxygen atoms in total. The van der Waals surface area contributed by atoms with Crippen LogP contribution in [0.15, 0.2) is 18.2 Å². The molecule has 1 amide bonds. The summed E-state index contributed by atoms with van der Waals surface area (Å²) in [4.78, 5) is 13.6. The average Bonchev–Trinajstić information content (AvgIpc) is 2.61. The van der Waals surface area contributed by atoms with Gasteiger partial charge in [-0.25, -0.2) is 13.1 Å². The van der Waals surface area contributed by atoms with E-state index in [1.165, 1.54) is 5.56 Å². The first-order chi connectivity index (χ1) is 8.76. The average molecular weight is 282 g/mol. The van der Waals surface area contributed by atoms with Crippen molar-refractivity contribution in [2.45, 2.75) is 26.3 Å². The van der Waals surface area contributed by atoms with Crippen LogP contribution in [0.2, 0.25) is 0 Å². The van der Waals surface area contributed by atoms with Crippen LogP contribution in [0, 0.1) is 13.8 Å². The predicted molar refractivity (Wildman–Crippen MR) is 74.7 cm³/mol. The van der Waals surface area contributed by atoms with Gasteiger partial charge in [-0.05, 0) is 37.1 Å². The Morgan fingerprint density at radius 3 is 2.53 bits per heavy atom. The first-order valence-corrected chi connectivity index (χ1v) is 8.00. The first kappa shape index (κ1) is 14.0. The monoisotopic (exact) mass is 282 g/mol. The van der Waals surface area contributed by atoms with Gasteiger partial charge in [-0.3, -0.25) is 4.79 Å². The first-order valence-electron chi connectivity index (χ1n) is 6.11. The van der Waals surface area contributed by atoms with E-state index in [0.29, 0.717) is 6.54 Å². The molecule has 6 heteroatoms. The zero-order valence-corrected chi connectivity index (χ0v) is 12.1. The summed E-state index contributed by atoms with van der Waals surface area (Å²) in [6, 6.07) is 5.47. The van der Waals surface area contributed by atoms with Crippen LogP contribution in [-0.2, 0) is 14.8 Å². The fourth-order valence-corrected chi connectivity index (χ4v) is 3.00. The molecule has 0 aliphatic carbocycles. The summed E-state index contributed by atoms with van der Waals surface area (Å²) in [5.41, 5.74) is 3.11. The number of anilines is 1. The third-order valence-electron chi connectivity index (χ3n) is 3.31. The van der Waals surface area contributed by atoms with E-state index in [1.807, 2.05) is 32.0 Å². The summed E-state index contributed by atoms with van der Waals surface area (Å²) in [5, 5.41) is 0. The fraction of sp³-hybridized carbons (Fsp3) is 0.462. The topological polar surface area (TPSA) is 66.5 Å². The molecule has 1 saturated heterocycles. The van der Waals surface area contributed by atoms with Crippen molar-refractivity contribution in [3.05, 3.63) is 29.3 Å². The second-order valence-electron chi connectivity index (χ2n) is 5.06. The maximum Gasteiger partial charge on any atom is 0.228 e. The molecule has 1 aromatic carbocycles. The van der Waals surface area contributed by atoms with Gasteiger partial charge in [-0.1, -0.05) is 6.07 Å². The van der Waals surface area contributed by atoms with E-state index in [0.717, 1.165) is 17.5 Å². The number of carbonyl (C=O) groups excluding carboxylic acids is 1. The van der Waals surface area contributed by atoms with Gasteiger partial charge in [0.25, 0.3) is 0 Å². The molecular weight excluding hydrogens is 264 g/mol.